The van der Waals surface area contributed by atoms with Crippen LogP contribution in [0.3, 0.4) is 0 Å². The fourth-order valence-corrected chi connectivity index (χ4v) is 1.72. The number of halogens is 2. The maximum Gasteiger partial charge on any atom is 0.138 e. The van der Waals surface area contributed by atoms with Crippen LogP contribution in [0.5, 0.6) is 0 Å². The minimum Gasteiger partial charge on any atom is -0.361 e. The van der Waals surface area contributed by atoms with Crippen LogP contribution in [-0.4, -0.2) is 5.16 Å². The highest BCUT2D eigenvalue weighted by molar-refractivity contribution is 6.33. The van der Waals surface area contributed by atoms with E-state index in [4.69, 9.17) is 21.9 Å². The molecule has 0 bridgehead atoms. The summed E-state index contributed by atoms with van der Waals surface area (Å²) in [5.74, 6) is 0.743. The van der Waals surface area contributed by atoms with Crippen molar-refractivity contribution in [1.29, 1.82) is 0 Å². The molecule has 0 unspecified atom stereocenters. The molecule has 86 valence electrons. The van der Waals surface area contributed by atoms with Gasteiger partial charge in [0.15, 0.2) is 0 Å². The van der Waals surface area contributed by atoms with Crippen molar-refractivity contribution >= 4 is 24.0 Å². The molecule has 2 N–H and O–H groups in total. The largest absolute Gasteiger partial charge is 0.361 e. The van der Waals surface area contributed by atoms with Crippen molar-refractivity contribution < 1.29 is 4.52 Å². The molecule has 2 rings (SSSR count). The van der Waals surface area contributed by atoms with E-state index in [0.29, 0.717) is 11.6 Å². The second-order valence-corrected chi connectivity index (χ2v) is 3.66. The summed E-state index contributed by atoms with van der Waals surface area (Å²) in [5, 5.41) is 4.63. The Morgan fingerprint density at radius 2 is 2.06 bits per heavy atom. The zero-order chi connectivity index (χ0) is 10.8. The summed E-state index contributed by atoms with van der Waals surface area (Å²) < 4.78 is 5.11. The molecule has 0 aliphatic carbocycles. The van der Waals surface area contributed by atoms with Crippen molar-refractivity contribution in [3.63, 3.8) is 0 Å². The van der Waals surface area contributed by atoms with Crippen molar-refractivity contribution in [3.8, 4) is 11.3 Å². The third-order valence-corrected chi connectivity index (χ3v) is 2.65. The first-order valence-electron chi connectivity index (χ1n) is 4.64. The maximum atomic E-state index is 6.07. The van der Waals surface area contributed by atoms with Gasteiger partial charge < -0.3 is 10.3 Å². The number of aryl methyl sites for hydroxylation is 1. The first kappa shape index (κ1) is 13.0. The zero-order valence-corrected chi connectivity index (χ0v) is 10.3. The van der Waals surface area contributed by atoms with Gasteiger partial charge in [0.1, 0.15) is 11.5 Å². The van der Waals surface area contributed by atoms with Crippen LogP contribution in [0.4, 0.5) is 0 Å². The molecule has 1 heterocycles. The maximum absolute atomic E-state index is 6.07. The van der Waals surface area contributed by atoms with Gasteiger partial charge in [0.2, 0.25) is 0 Å². The Labute approximate surface area is 105 Å². The van der Waals surface area contributed by atoms with Crippen molar-refractivity contribution in [1.82, 2.24) is 5.16 Å². The Bertz CT molecular complexity index is 483. The van der Waals surface area contributed by atoms with Gasteiger partial charge in [-0.15, -0.1) is 12.4 Å². The first-order valence-corrected chi connectivity index (χ1v) is 5.02. The van der Waals surface area contributed by atoms with Crippen LogP contribution in [0.2, 0.25) is 5.02 Å². The number of rotatable bonds is 2. The molecule has 0 saturated heterocycles. The molecule has 0 aliphatic heterocycles. The van der Waals surface area contributed by atoms with Gasteiger partial charge in [-0.05, 0) is 13.0 Å². The van der Waals surface area contributed by atoms with Crippen LogP contribution in [-0.2, 0) is 6.54 Å². The molecule has 16 heavy (non-hydrogen) atoms. The van der Waals surface area contributed by atoms with E-state index in [1.165, 1.54) is 0 Å². The third-order valence-electron chi connectivity index (χ3n) is 2.32. The van der Waals surface area contributed by atoms with Crippen LogP contribution in [0.25, 0.3) is 11.3 Å². The molecule has 3 nitrogen and oxygen atoms in total. The van der Waals surface area contributed by atoms with E-state index < -0.39 is 0 Å². The van der Waals surface area contributed by atoms with Gasteiger partial charge in [0.25, 0.3) is 0 Å². The average molecular weight is 259 g/mol. The van der Waals surface area contributed by atoms with E-state index >= 15 is 0 Å². The molecule has 0 saturated carbocycles. The lowest BCUT2D eigenvalue weighted by Crippen LogP contribution is -1.98. The normalized spacial score (nSPS) is 9.94. The third kappa shape index (κ3) is 2.21. The average Bonchev–Trinajstić information content (AvgIpc) is 2.60. The smallest absolute Gasteiger partial charge is 0.138 e. The van der Waals surface area contributed by atoms with E-state index in [0.717, 1.165) is 22.6 Å². The molecule has 0 fully saturated rings. The number of benzene rings is 1. The predicted octanol–water partition coefficient (Wildman–Crippen LogP) is 3.18. The van der Waals surface area contributed by atoms with Crippen LogP contribution in [0.15, 0.2) is 28.8 Å². The van der Waals surface area contributed by atoms with Crippen molar-refractivity contribution in [2.45, 2.75) is 13.5 Å². The topological polar surface area (TPSA) is 52.0 Å². The molecular formula is C11H12Cl2N2O. The second kappa shape index (κ2) is 5.34. The van der Waals surface area contributed by atoms with Gasteiger partial charge in [-0.25, -0.2) is 0 Å². The molecular weight excluding hydrogens is 247 g/mol. The highest BCUT2D eigenvalue weighted by atomic mass is 35.5. The Hall–Kier alpha value is -1.03. The minimum absolute atomic E-state index is 0. The molecule has 1 aromatic carbocycles. The van der Waals surface area contributed by atoms with E-state index in [-0.39, 0.29) is 12.4 Å². The molecule has 0 aliphatic rings. The van der Waals surface area contributed by atoms with Gasteiger partial charge in [0.05, 0.1) is 5.02 Å². The molecule has 1 aromatic heterocycles. The lowest BCUT2D eigenvalue weighted by molar-refractivity contribution is 0.398. The van der Waals surface area contributed by atoms with E-state index in [1.807, 2.05) is 31.2 Å². The number of nitrogens with zero attached hydrogens (tertiary/aromatic N) is 1. The molecule has 0 amide bonds. The Morgan fingerprint density at radius 1 is 1.38 bits per heavy atom. The van der Waals surface area contributed by atoms with Crippen LogP contribution >= 0.6 is 24.0 Å². The summed E-state index contributed by atoms with van der Waals surface area (Å²) in [6.45, 7) is 2.24. The Kier molecular flexibility index (Phi) is 4.35. The van der Waals surface area contributed by atoms with Gasteiger partial charge in [-0.1, -0.05) is 35.0 Å². The summed E-state index contributed by atoms with van der Waals surface area (Å²) in [6.07, 6.45) is 0. The van der Waals surface area contributed by atoms with Crippen molar-refractivity contribution in [3.05, 3.63) is 40.6 Å². The Balaban J connectivity index is 0.00000128. The lowest BCUT2D eigenvalue weighted by atomic mass is 10.1. The van der Waals surface area contributed by atoms with E-state index in [2.05, 4.69) is 5.16 Å². The lowest BCUT2D eigenvalue weighted by Gasteiger charge is -2.01. The highest BCUT2D eigenvalue weighted by Crippen LogP contribution is 2.30. The number of hydrogen-bond acceptors (Lipinski definition) is 3. The SMILES string of the molecule is Cc1onc(-c2ccccc2Cl)c1CN.Cl. The van der Waals surface area contributed by atoms with Gasteiger partial charge in [-0.2, -0.15) is 0 Å². The highest BCUT2D eigenvalue weighted by Gasteiger charge is 2.14. The van der Waals surface area contributed by atoms with Crippen molar-refractivity contribution in [2.75, 3.05) is 0 Å². The first-order chi connectivity index (χ1) is 7.24. The monoisotopic (exact) mass is 258 g/mol. The quantitative estimate of drug-likeness (QED) is 0.901. The van der Waals surface area contributed by atoms with E-state index in [1.54, 1.807) is 0 Å². The summed E-state index contributed by atoms with van der Waals surface area (Å²) in [5.41, 5.74) is 8.14. The van der Waals surface area contributed by atoms with Crippen molar-refractivity contribution in [2.24, 2.45) is 5.73 Å². The van der Waals surface area contributed by atoms with Gasteiger partial charge in [-0.3, -0.25) is 0 Å². The zero-order valence-electron chi connectivity index (χ0n) is 8.74. The number of nitrogens with two attached hydrogens (primary N) is 1. The van der Waals surface area contributed by atoms with Crippen LogP contribution < -0.4 is 5.73 Å². The molecule has 0 atom stereocenters. The summed E-state index contributed by atoms with van der Waals surface area (Å²) in [6, 6.07) is 7.51. The fraction of sp³-hybridized carbons (Fsp3) is 0.182. The molecule has 0 radical (unpaired) electrons. The number of hydrogen-bond donors (Lipinski definition) is 1. The Morgan fingerprint density at radius 3 is 2.69 bits per heavy atom. The summed E-state index contributed by atoms with van der Waals surface area (Å²) >= 11 is 6.07. The van der Waals surface area contributed by atoms with E-state index in [9.17, 15) is 0 Å². The summed E-state index contributed by atoms with van der Waals surface area (Å²) in [4.78, 5) is 0. The van der Waals surface area contributed by atoms with Gasteiger partial charge in [0, 0.05) is 17.7 Å². The number of aromatic nitrogens is 1. The standard InChI is InChI=1S/C11H11ClN2O.ClH/c1-7-9(6-13)11(14-15-7)8-4-2-3-5-10(8)12;/h2-5H,6,13H2,1H3;1H. The van der Waals surface area contributed by atoms with Gasteiger partial charge >= 0.3 is 0 Å². The molecule has 5 heteroatoms. The summed E-state index contributed by atoms with van der Waals surface area (Å²) in [7, 11) is 0. The molecule has 2 aromatic rings. The molecule has 0 spiro atoms. The van der Waals surface area contributed by atoms with Crippen LogP contribution in [0.1, 0.15) is 11.3 Å². The predicted molar refractivity (Wildman–Crippen MR) is 66.8 cm³/mol. The fourth-order valence-electron chi connectivity index (χ4n) is 1.50. The minimum atomic E-state index is 0. The van der Waals surface area contributed by atoms with Crippen LogP contribution in [0, 0.1) is 6.92 Å². The second-order valence-electron chi connectivity index (χ2n) is 3.25.